The van der Waals surface area contributed by atoms with Crippen molar-refractivity contribution in [2.75, 3.05) is 54.1 Å². The highest BCUT2D eigenvalue weighted by atomic mass is 31.2. The topological polar surface area (TPSA) is 94.1 Å². The van der Waals surface area contributed by atoms with Crippen LogP contribution in [-0.4, -0.2) is 70.7 Å². The molecule has 0 spiro atoms. The third kappa shape index (κ3) is 59.2. The molecule has 71 heavy (non-hydrogen) atoms. The van der Waals surface area contributed by atoms with Crippen LogP contribution < -0.4 is 4.89 Å². The van der Waals surface area contributed by atoms with Gasteiger partial charge in [0.1, 0.15) is 19.3 Å². The Balaban J connectivity index is 4.02. The largest absolute Gasteiger partial charge is 0.756 e. The molecule has 0 rings (SSSR count). The summed E-state index contributed by atoms with van der Waals surface area (Å²) in [6.07, 6.45) is 70.2. The van der Waals surface area contributed by atoms with Crippen molar-refractivity contribution in [2.24, 2.45) is 0 Å². The lowest BCUT2D eigenvalue weighted by Gasteiger charge is -2.28. The average molecular weight is 1020 g/mol. The summed E-state index contributed by atoms with van der Waals surface area (Å²) in [5, 5.41) is 0. The summed E-state index contributed by atoms with van der Waals surface area (Å²) in [7, 11) is 1.37. The van der Waals surface area contributed by atoms with E-state index in [4.69, 9.17) is 18.5 Å². The van der Waals surface area contributed by atoms with Crippen LogP contribution in [0.5, 0.6) is 0 Å². The minimum absolute atomic E-state index is 0.0264. The van der Waals surface area contributed by atoms with E-state index in [1.807, 2.05) is 21.1 Å². The van der Waals surface area contributed by atoms with Gasteiger partial charge in [0.05, 0.1) is 34.4 Å². The van der Waals surface area contributed by atoms with Gasteiger partial charge in [0, 0.05) is 13.0 Å². The Labute approximate surface area is 441 Å². The van der Waals surface area contributed by atoms with Crippen LogP contribution in [0.1, 0.15) is 284 Å². The molecule has 0 aromatic rings. The summed E-state index contributed by atoms with van der Waals surface area (Å²) in [5.74, 6) is -0.329. The zero-order valence-corrected chi connectivity index (χ0v) is 48.6. The van der Waals surface area contributed by atoms with Gasteiger partial charge in [0.25, 0.3) is 7.82 Å². The quantitative estimate of drug-likeness (QED) is 0.0197. The predicted molar refractivity (Wildman–Crippen MR) is 305 cm³/mol. The fraction of sp³-hybridized carbons (Fsp3) is 0.855. The lowest BCUT2D eigenvalue weighted by Crippen LogP contribution is -2.37. The van der Waals surface area contributed by atoms with Crippen molar-refractivity contribution in [3.8, 4) is 0 Å². The molecule has 0 saturated heterocycles. The van der Waals surface area contributed by atoms with E-state index in [9.17, 15) is 14.3 Å². The van der Waals surface area contributed by atoms with E-state index in [2.05, 4.69) is 62.5 Å². The fourth-order valence-electron chi connectivity index (χ4n) is 8.78. The van der Waals surface area contributed by atoms with Crippen molar-refractivity contribution in [2.45, 2.75) is 290 Å². The number of quaternary nitrogens is 1. The zero-order valence-electron chi connectivity index (χ0n) is 47.7. The summed E-state index contributed by atoms with van der Waals surface area (Å²) in [5.41, 5.74) is 0. The van der Waals surface area contributed by atoms with Gasteiger partial charge in [-0.3, -0.25) is 9.36 Å². The van der Waals surface area contributed by atoms with Crippen molar-refractivity contribution < 1.29 is 37.3 Å². The Morgan fingerprint density at radius 2 is 0.817 bits per heavy atom. The van der Waals surface area contributed by atoms with Gasteiger partial charge in [0.2, 0.25) is 0 Å². The highest BCUT2D eigenvalue weighted by molar-refractivity contribution is 7.45. The van der Waals surface area contributed by atoms with Crippen molar-refractivity contribution in [1.29, 1.82) is 0 Å². The number of hydrogen-bond acceptors (Lipinski definition) is 7. The van der Waals surface area contributed by atoms with Gasteiger partial charge in [-0.25, -0.2) is 0 Å². The van der Waals surface area contributed by atoms with Crippen molar-refractivity contribution in [1.82, 2.24) is 0 Å². The first kappa shape index (κ1) is 69.5. The fourth-order valence-corrected chi connectivity index (χ4v) is 9.51. The van der Waals surface area contributed by atoms with Gasteiger partial charge in [-0.1, -0.05) is 274 Å². The van der Waals surface area contributed by atoms with E-state index in [1.165, 1.54) is 205 Å². The van der Waals surface area contributed by atoms with Gasteiger partial charge in [-0.2, -0.15) is 0 Å². The summed E-state index contributed by atoms with van der Waals surface area (Å²) in [6, 6.07) is 0. The van der Waals surface area contributed by atoms with Gasteiger partial charge in [0.15, 0.2) is 0 Å². The molecule has 2 unspecified atom stereocenters. The maximum atomic E-state index is 12.8. The van der Waals surface area contributed by atoms with Crippen LogP contribution in [0.2, 0.25) is 0 Å². The van der Waals surface area contributed by atoms with Crippen LogP contribution in [-0.2, 0) is 27.9 Å². The van der Waals surface area contributed by atoms with Crippen LogP contribution in [0.4, 0.5) is 0 Å². The van der Waals surface area contributed by atoms with E-state index in [0.29, 0.717) is 24.1 Å². The molecular formula is C62H118NO7P. The Morgan fingerprint density at radius 1 is 0.451 bits per heavy atom. The highest BCUT2D eigenvalue weighted by Crippen LogP contribution is 2.38. The van der Waals surface area contributed by atoms with Crippen LogP contribution in [0.25, 0.3) is 0 Å². The third-order valence-corrected chi connectivity index (χ3v) is 14.4. The number of ether oxygens (including phenoxy) is 2. The number of phosphoric ester groups is 1. The minimum atomic E-state index is -4.54. The molecule has 8 nitrogen and oxygen atoms in total. The minimum Gasteiger partial charge on any atom is -0.756 e. The third-order valence-electron chi connectivity index (χ3n) is 13.4. The Bertz CT molecular complexity index is 1280. The second-order valence-electron chi connectivity index (χ2n) is 21.7. The molecule has 9 heteroatoms. The molecule has 0 aliphatic heterocycles. The molecule has 0 saturated carbocycles. The Kier molecular flexibility index (Phi) is 53.5. The van der Waals surface area contributed by atoms with Gasteiger partial charge < -0.3 is 27.9 Å². The molecule has 2 atom stereocenters. The van der Waals surface area contributed by atoms with E-state index >= 15 is 0 Å². The maximum absolute atomic E-state index is 12.8. The number of allylic oxidation sites excluding steroid dienone is 8. The normalized spacial score (nSPS) is 13.7. The number of rotatable bonds is 57. The molecule has 0 N–H and O–H groups in total. The van der Waals surface area contributed by atoms with Crippen molar-refractivity contribution in [3.63, 3.8) is 0 Å². The standard InChI is InChI=1S/C62H118NO7P/c1-6-8-10-12-14-16-18-20-22-24-26-28-30-32-33-35-37-39-41-43-45-47-49-51-53-55-62(64)70-61(60-69-71(65,66)68-58-56-63(3,4)5)59-67-57-54-52-50-48-46-44-42-40-38-36-34-31-29-27-25-23-21-19-17-15-13-11-9-7-2/h9,11,15,17,21,23,27,29,61H,6-8,10,12-14,16,18-20,22,24-26,28,30-60H2,1-5H3/b11-9-,17-15-,23-21-,29-27-. The molecule has 0 heterocycles. The molecule has 0 bridgehead atoms. The summed E-state index contributed by atoms with van der Waals surface area (Å²) in [4.78, 5) is 25.3. The first-order valence-corrected chi connectivity index (χ1v) is 31.8. The molecule has 418 valence electrons. The second-order valence-corrected chi connectivity index (χ2v) is 23.1. The van der Waals surface area contributed by atoms with Gasteiger partial charge in [-0.15, -0.1) is 0 Å². The SMILES string of the molecule is CC/C=C\C/C=C\C/C=C\C/C=C\CCCCCCCCCCCCCOCC(COP(=O)([O-])OCC[N+](C)(C)C)OC(=O)CCCCCCCCCCCCCCCCCCCCCCCCCCC. The van der Waals surface area contributed by atoms with Crippen LogP contribution in [0, 0.1) is 0 Å². The molecule has 0 aliphatic rings. The van der Waals surface area contributed by atoms with Crippen LogP contribution in [0.3, 0.4) is 0 Å². The number of nitrogens with zero attached hydrogens (tertiary/aromatic N) is 1. The van der Waals surface area contributed by atoms with E-state index in [0.717, 1.165) is 57.8 Å². The Morgan fingerprint density at radius 3 is 1.23 bits per heavy atom. The number of likely N-dealkylation sites (N-methyl/N-ethyl adjacent to an activating group) is 1. The second kappa shape index (κ2) is 54.7. The monoisotopic (exact) mass is 1020 g/mol. The number of phosphoric acid groups is 1. The molecule has 0 aromatic carbocycles. The molecule has 0 fully saturated rings. The van der Waals surface area contributed by atoms with E-state index in [1.54, 1.807) is 0 Å². The first-order valence-electron chi connectivity index (χ1n) is 30.4. The molecular weight excluding hydrogens is 902 g/mol. The highest BCUT2D eigenvalue weighted by Gasteiger charge is 2.20. The molecule has 0 radical (unpaired) electrons. The Hall–Kier alpha value is -1.54. The smallest absolute Gasteiger partial charge is 0.306 e. The number of carbonyl (C=O) groups excluding carboxylic acids is 1. The number of hydrogen-bond donors (Lipinski definition) is 0. The van der Waals surface area contributed by atoms with Gasteiger partial charge in [-0.05, 0) is 51.4 Å². The number of esters is 1. The average Bonchev–Trinajstić information content (AvgIpc) is 3.33. The zero-order chi connectivity index (χ0) is 51.9. The summed E-state index contributed by atoms with van der Waals surface area (Å²) in [6.45, 7) is 5.35. The molecule has 0 amide bonds. The van der Waals surface area contributed by atoms with E-state index < -0.39 is 13.9 Å². The predicted octanol–water partition coefficient (Wildman–Crippen LogP) is 18.8. The number of unbranched alkanes of at least 4 members (excludes halogenated alkanes) is 35. The first-order chi connectivity index (χ1) is 34.6. The maximum Gasteiger partial charge on any atom is 0.306 e. The van der Waals surface area contributed by atoms with Gasteiger partial charge >= 0.3 is 5.97 Å². The van der Waals surface area contributed by atoms with Crippen LogP contribution >= 0.6 is 7.82 Å². The van der Waals surface area contributed by atoms with E-state index in [-0.39, 0.29) is 25.8 Å². The van der Waals surface area contributed by atoms with Crippen LogP contribution in [0.15, 0.2) is 48.6 Å². The molecule has 0 aliphatic carbocycles. The van der Waals surface area contributed by atoms with Crippen molar-refractivity contribution in [3.05, 3.63) is 48.6 Å². The molecule has 0 aromatic heterocycles. The lowest BCUT2D eigenvalue weighted by molar-refractivity contribution is -0.870. The van der Waals surface area contributed by atoms with Crippen molar-refractivity contribution >= 4 is 13.8 Å². The summed E-state index contributed by atoms with van der Waals surface area (Å²) < 4.78 is 34.9. The summed E-state index contributed by atoms with van der Waals surface area (Å²) >= 11 is 0. The lowest BCUT2D eigenvalue weighted by atomic mass is 10.0. The number of carbonyl (C=O) groups is 1.